The van der Waals surface area contributed by atoms with E-state index in [0.717, 1.165) is 31.9 Å². The molecular formula is C17H28N2O2. The average molecular weight is 292 g/mol. The van der Waals surface area contributed by atoms with Gasteiger partial charge in [0.15, 0.2) is 0 Å². The van der Waals surface area contributed by atoms with Crippen molar-refractivity contribution in [3.8, 4) is 5.75 Å². The number of morpholine rings is 1. The molecule has 1 aromatic rings. The Morgan fingerprint density at radius 1 is 1.43 bits per heavy atom. The van der Waals surface area contributed by atoms with Crippen LogP contribution in [0.25, 0.3) is 0 Å². The number of hydrogen-bond donors (Lipinski definition) is 1. The van der Waals surface area contributed by atoms with Crippen molar-refractivity contribution in [2.75, 3.05) is 26.2 Å². The fourth-order valence-corrected chi connectivity index (χ4v) is 2.99. The molecule has 0 amide bonds. The molecule has 0 spiro atoms. The summed E-state index contributed by atoms with van der Waals surface area (Å²) in [6.07, 6.45) is 1.37. The Hall–Kier alpha value is -1.10. The molecular weight excluding hydrogens is 264 g/mol. The highest BCUT2D eigenvalue weighted by molar-refractivity contribution is 5.31. The second kappa shape index (κ2) is 7.78. The van der Waals surface area contributed by atoms with E-state index in [1.165, 1.54) is 5.56 Å². The summed E-state index contributed by atoms with van der Waals surface area (Å²) >= 11 is 0. The lowest BCUT2D eigenvalue weighted by Crippen LogP contribution is -2.48. The molecule has 1 aliphatic heterocycles. The second-order valence-corrected chi connectivity index (χ2v) is 5.86. The molecule has 0 aliphatic carbocycles. The Labute approximate surface area is 128 Å². The summed E-state index contributed by atoms with van der Waals surface area (Å²) in [6, 6.07) is 8.57. The van der Waals surface area contributed by atoms with Gasteiger partial charge in [-0.2, -0.15) is 0 Å². The van der Waals surface area contributed by atoms with Crippen LogP contribution in [0.5, 0.6) is 5.75 Å². The first-order valence-electron chi connectivity index (χ1n) is 7.98. The maximum Gasteiger partial charge on any atom is 0.120 e. The van der Waals surface area contributed by atoms with Crippen LogP contribution in [0, 0.1) is 0 Å². The zero-order valence-corrected chi connectivity index (χ0v) is 13.4. The minimum Gasteiger partial charge on any atom is -0.491 e. The minimum atomic E-state index is 0.0552. The summed E-state index contributed by atoms with van der Waals surface area (Å²) in [6.45, 7) is 9.64. The molecule has 1 saturated heterocycles. The monoisotopic (exact) mass is 292 g/mol. The van der Waals surface area contributed by atoms with Gasteiger partial charge in [0.2, 0.25) is 0 Å². The molecule has 0 saturated carbocycles. The number of hydrogen-bond acceptors (Lipinski definition) is 4. The van der Waals surface area contributed by atoms with Gasteiger partial charge in [0.25, 0.3) is 0 Å². The van der Waals surface area contributed by atoms with Crippen molar-refractivity contribution in [2.24, 2.45) is 5.73 Å². The van der Waals surface area contributed by atoms with Crippen LogP contribution in [0.3, 0.4) is 0 Å². The SMILES string of the molecule is CCCN1CCOC(CN)C1c1cccc(OC(C)C)c1. The molecule has 21 heavy (non-hydrogen) atoms. The largest absolute Gasteiger partial charge is 0.491 e. The maximum absolute atomic E-state index is 5.93. The van der Waals surface area contributed by atoms with Crippen molar-refractivity contribution in [1.29, 1.82) is 0 Å². The molecule has 2 atom stereocenters. The highest BCUT2D eigenvalue weighted by Crippen LogP contribution is 2.31. The molecule has 0 radical (unpaired) electrons. The zero-order chi connectivity index (χ0) is 15.2. The van der Waals surface area contributed by atoms with Crippen molar-refractivity contribution in [3.05, 3.63) is 29.8 Å². The Balaban J connectivity index is 2.25. The van der Waals surface area contributed by atoms with Gasteiger partial charge in [-0.05, 0) is 44.5 Å². The van der Waals surface area contributed by atoms with Crippen LogP contribution in [-0.2, 0) is 4.74 Å². The van der Waals surface area contributed by atoms with Gasteiger partial charge >= 0.3 is 0 Å². The first kappa shape index (κ1) is 16.3. The fourth-order valence-electron chi connectivity index (χ4n) is 2.99. The quantitative estimate of drug-likeness (QED) is 0.875. The van der Waals surface area contributed by atoms with Gasteiger partial charge in [-0.15, -0.1) is 0 Å². The number of rotatable bonds is 6. The summed E-state index contributed by atoms with van der Waals surface area (Å²) in [5.74, 6) is 0.917. The van der Waals surface area contributed by atoms with Crippen molar-refractivity contribution in [1.82, 2.24) is 4.90 Å². The van der Waals surface area contributed by atoms with Crippen molar-refractivity contribution in [3.63, 3.8) is 0 Å². The third kappa shape index (κ3) is 4.19. The molecule has 1 aromatic carbocycles. The second-order valence-electron chi connectivity index (χ2n) is 5.86. The fraction of sp³-hybridized carbons (Fsp3) is 0.647. The van der Waals surface area contributed by atoms with Gasteiger partial charge in [-0.3, -0.25) is 4.90 Å². The molecule has 0 aromatic heterocycles. The first-order valence-corrected chi connectivity index (χ1v) is 7.98. The number of ether oxygens (including phenoxy) is 2. The molecule has 2 rings (SSSR count). The van der Waals surface area contributed by atoms with Crippen molar-refractivity contribution >= 4 is 0 Å². The van der Waals surface area contributed by atoms with Gasteiger partial charge < -0.3 is 15.2 Å². The van der Waals surface area contributed by atoms with Crippen LogP contribution >= 0.6 is 0 Å². The molecule has 4 heteroatoms. The predicted molar refractivity (Wildman–Crippen MR) is 85.6 cm³/mol. The third-order valence-corrected chi connectivity index (χ3v) is 3.77. The number of nitrogens with two attached hydrogens (primary N) is 1. The highest BCUT2D eigenvalue weighted by atomic mass is 16.5. The molecule has 1 fully saturated rings. The van der Waals surface area contributed by atoms with E-state index in [0.29, 0.717) is 6.54 Å². The van der Waals surface area contributed by atoms with Crippen LogP contribution in [0.4, 0.5) is 0 Å². The average Bonchev–Trinajstić information content (AvgIpc) is 2.47. The van der Waals surface area contributed by atoms with E-state index >= 15 is 0 Å². The van der Waals surface area contributed by atoms with Gasteiger partial charge in [0, 0.05) is 13.1 Å². The topological polar surface area (TPSA) is 47.7 Å². The summed E-state index contributed by atoms with van der Waals surface area (Å²) in [4.78, 5) is 2.48. The molecule has 2 N–H and O–H groups in total. The van der Waals surface area contributed by atoms with E-state index in [1.807, 2.05) is 19.9 Å². The van der Waals surface area contributed by atoms with E-state index in [9.17, 15) is 0 Å². The van der Waals surface area contributed by atoms with Crippen LogP contribution < -0.4 is 10.5 Å². The highest BCUT2D eigenvalue weighted by Gasteiger charge is 2.32. The number of benzene rings is 1. The lowest BCUT2D eigenvalue weighted by molar-refractivity contribution is -0.0676. The van der Waals surface area contributed by atoms with E-state index < -0.39 is 0 Å². The molecule has 4 nitrogen and oxygen atoms in total. The Bertz CT molecular complexity index is 435. The predicted octanol–water partition coefficient (Wildman–Crippen LogP) is 2.58. The summed E-state index contributed by atoms with van der Waals surface area (Å²) < 4.78 is 11.7. The van der Waals surface area contributed by atoms with E-state index in [2.05, 4.69) is 30.0 Å². The summed E-state index contributed by atoms with van der Waals surface area (Å²) in [7, 11) is 0. The lowest BCUT2D eigenvalue weighted by atomic mass is 9.97. The molecule has 2 unspecified atom stereocenters. The van der Waals surface area contributed by atoms with Crippen LogP contribution in [0.1, 0.15) is 38.8 Å². The van der Waals surface area contributed by atoms with Crippen LogP contribution in [-0.4, -0.2) is 43.3 Å². The summed E-state index contributed by atoms with van der Waals surface area (Å²) in [5.41, 5.74) is 7.16. The molecule has 1 aliphatic rings. The van der Waals surface area contributed by atoms with Crippen molar-refractivity contribution < 1.29 is 9.47 Å². The van der Waals surface area contributed by atoms with Gasteiger partial charge in [-0.1, -0.05) is 19.1 Å². The van der Waals surface area contributed by atoms with Crippen molar-refractivity contribution in [2.45, 2.75) is 45.4 Å². The lowest BCUT2D eigenvalue weighted by Gasteiger charge is -2.41. The molecule has 0 bridgehead atoms. The van der Waals surface area contributed by atoms with E-state index in [-0.39, 0.29) is 18.2 Å². The first-order chi connectivity index (χ1) is 10.2. The Kier molecular flexibility index (Phi) is 6.03. The molecule has 118 valence electrons. The normalized spacial score (nSPS) is 23.5. The standard InChI is InChI=1S/C17H28N2O2/c1-4-8-19-9-10-20-16(12-18)17(19)14-6-5-7-15(11-14)21-13(2)3/h5-7,11,13,16-17H,4,8-10,12,18H2,1-3H3. The Morgan fingerprint density at radius 2 is 2.24 bits per heavy atom. The molecule has 1 heterocycles. The van der Waals surface area contributed by atoms with Crippen LogP contribution in [0.15, 0.2) is 24.3 Å². The van der Waals surface area contributed by atoms with E-state index in [1.54, 1.807) is 0 Å². The van der Waals surface area contributed by atoms with Gasteiger partial charge in [-0.25, -0.2) is 0 Å². The maximum atomic E-state index is 5.93. The van der Waals surface area contributed by atoms with Gasteiger partial charge in [0.1, 0.15) is 5.75 Å². The third-order valence-electron chi connectivity index (χ3n) is 3.77. The smallest absolute Gasteiger partial charge is 0.120 e. The number of nitrogens with zero attached hydrogens (tertiary/aromatic N) is 1. The van der Waals surface area contributed by atoms with Gasteiger partial charge in [0.05, 0.1) is 24.9 Å². The van der Waals surface area contributed by atoms with Crippen LogP contribution in [0.2, 0.25) is 0 Å². The Morgan fingerprint density at radius 3 is 2.90 bits per heavy atom. The minimum absolute atomic E-state index is 0.0552. The summed E-state index contributed by atoms with van der Waals surface area (Å²) in [5, 5.41) is 0. The zero-order valence-electron chi connectivity index (χ0n) is 13.4. The van der Waals surface area contributed by atoms with E-state index in [4.69, 9.17) is 15.2 Å².